The van der Waals surface area contributed by atoms with E-state index in [1.807, 2.05) is 30.3 Å². The number of benzene rings is 8. The third kappa shape index (κ3) is 5.13. The molecule has 1 aromatic heterocycles. The number of hydrogen-bond donors (Lipinski definition) is 0. The van der Waals surface area contributed by atoms with Crippen LogP contribution in [0, 0.1) is 11.3 Å². The number of fused-ring (bicyclic) bond motifs is 4. The monoisotopic (exact) mass is 624 g/mol. The zero-order chi connectivity index (χ0) is 32.7. The van der Waals surface area contributed by atoms with Crippen LogP contribution >= 0.6 is 0 Å². The Kier molecular flexibility index (Phi) is 6.85. The number of hydrogen-bond acceptors (Lipinski definition) is 3. The van der Waals surface area contributed by atoms with Crippen molar-refractivity contribution in [2.24, 2.45) is 0 Å². The van der Waals surface area contributed by atoms with E-state index in [2.05, 4.69) is 146 Å². The molecule has 1 heterocycles. The largest absolute Gasteiger partial charge is 0.436 e. The van der Waals surface area contributed by atoms with Crippen molar-refractivity contribution < 1.29 is 4.42 Å². The molecule has 228 valence electrons. The van der Waals surface area contributed by atoms with Crippen molar-refractivity contribution in [1.82, 2.24) is 4.98 Å². The summed E-state index contributed by atoms with van der Waals surface area (Å²) in [5, 5.41) is 14.1. The van der Waals surface area contributed by atoms with Gasteiger partial charge in [-0.2, -0.15) is 5.26 Å². The third-order valence-corrected chi connectivity index (χ3v) is 9.36. The van der Waals surface area contributed by atoms with Crippen LogP contribution in [0.3, 0.4) is 0 Å². The topological polar surface area (TPSA) is 49.8 Å². The summed E-state index contributed by atoms with van der Waals surface area (Å²) in [5.74, 6) is 0.589. The van der Waals surface area contributed by atoms with Gasteiger partial charge in [-0.25, -0.2) is 4.98 Å². The van der Waals surface area contributed by atoms with E-state index in [9.17, 15) is 5.26 Å². The molecule has 0 aliphatic heterocycles. The van der Waals surface area contributed by atoms with E-state index < -0.39 is 0 Å². The molecule has 0 bridgehead atoms. The first-order chi connectivity index (χ1) is 24.2. The lowest BCUT2D eigenvalue weighted by Crippen LogP contribution is -1.88. The normalized spacial score (nSPS) is 11.2. The van der Waals surface area contributed by atoms with Gasteiger partial charge in [-0.1, -0.05) is 127 Å². The van der Waals surface area contributed by atoms with Crippen molar-refractivity contribution in [3.8, 4) is 62.0 Å². The molecule has 0 amide bonds. The van der Waals surface area contributed by atoms with Crippen molar-refractivity contribution >= 4 is 32.6 Å². The molecular weight excluding hydrogens is 597 g/mol. The van der Waals surface area contributed by atoms with Gasteiger partial charge in [-0.3, -0.25) is 0 Å². The molecule has 0 radical (unpaired) electrons. The predicted octanol–water partition coefficient (Wildman–Crippen LogP) is 12.3. The molecule has 0 aliphatic carbocycles. The SMILES string of the molecule is N#Cc1ccc(-c2ccc(-c3cc(-c4cc5ccccc5c5ccccc45)cc4oc(-c5ccc(-c6ccccc6)cc5)nc34)cc2)cc1. The quantitative estimate of drug-likeness (QED) is 0.179. The Morgan fingerprint density at radius 1 is 0.429 bits per heavy atom. The van der Waals surface area contributed by atoms with E-state index in [-0.39, 0.29) is 0 Å². The Morgan fingerprint density at radius 2 is 0.980 bits per heavy atom. The second kappa shape index (κ2) is 11.8. The molecule has 8 aromatic carbocycles. The summed E-state index contributed by atoms with van der Waals surface area (Å²) in [6, 6.07) is 61.1. The molecule has 3 nitrogen and oxygen atoms in total. The third-order valence-electron chi connectivity index (χ3n) is 9.36. The molecule has 0 atom stereocenters. The molecule has 0 unspecified atom stereocenters. The first-order valence-corrected chi connectivity index (χ1v) is 16.3. The average Bonchev–Trinajstić information content (AvgIpc) is 3.62. The van der Waals surface area contributed by atoms with Gasteiger partial charge >= 0.3 is 0 Å². The number of aromatic nitrogens is 1. The number of nitrogens with zero attached hydrogens (tertiary/aromatic N) is 2. The molecule has 0 fully saturated rings. The minimum atomic E-state index is 0.589. The van der Waals surface area contributed by atoms with Gasteiger partial charge in [0.15, 0.2) is 5.58 Å². The highest BCUT2D eigenvalue weighted by Crippen LogP contribution is 2.41. The second-order valence-electron chi connectivity index (χ2n) is 12.3. The van der Waals surface area contributed by atoms with E-state index in [1.165, 1.54) is 27.1 Å². The van der Waals surface area contributed by atoms with Crippen LogP contribution in [0.2, 0.25) is 0 Å². The van der Waals surface area contributed by atoms with Crippen LogP contribution in [0.5, 0.6) is 0 Å². The van der Waals surface area contributed by atoms with Crippen molar-refractivity contribution in [2.45, 2.75) is 0 Å². The van der Waals surface area contributed by atoms with Crippen molar-refractivity contribution in [1.29, 1.82) is 5.26 Å². The highest BCUT2D eigenvalue weighted by Gasteiger charge is 2.18. The molecular formula is C46H28N2O. The summed E-state index contributed by atoms with van der Waals surface area (Å²) in [6.45, 7) is 0. The van der Waals surface area contributed by atoms with Gasteiger partial charge in [0.05, 0.1) is 11.6 Å². The molecule has 9 rings (SSSR count). The summed E-state index contributed by atoms with van der Waals surface area (Å²) < 4.78 is 6.60. The van der Waals surface area contributed by atoms with Crippen molar-refractivity contribution in [2.75, 3.05) is 0 Å². The van der Waals surface area contributed by atoms with Crippen LogP contribution < -0.4 is 0 Å². The standard InChI is InChI=1S/C46H28N2O/c47-29-30-14-16-32(17-15-30)34-18-22-35(23-19-34)43-27-38(42-26-37-10-4-5-11-39(37)40-12-6-7-13-41(40)42)28-44-45(43)48-46(49-44)36-24-20-33(21-25-36)31-8-2-1-3-9-31/h1-28H. The maximum atomic E-state index is 9.23. The van der Waals surface area contributed by atoms with E-state index in [0.29, 0.717) is 11.5 Å². The maximum absolute atomic E-state index is 9.23. The Bertz CT molecular complexity index is 2680. The molecule has 9 aromatic rings. The zero-order valence-electron chi connectivity index (χ0n) is 26.5. The maximum Gasteiger partial charge on any atom is 0.227 e. The lowest BCUT2D eigenvalue weighted by atomic mass is 9.91. The van der Waals surface area contributed by atoms with E-state index >= 15 is 0 Å². The summed E-state index contributed by atoms with van der Waals surface area (Å²) in [7, 11) is 0. The van der Waals surface area contributed by atoms with E-state index in [4.69, 9.17) is 9.40 Å². The molecule has 49 heavy (non-hydrogen) atoms. The summed E-state index contributed by atoms with van der Waals surface area (Å²) >= 11 is 0. The number of rotatable bonds is 5. The van der Waals surface area contributed by atoms with Gasteiger partial charge in [-0.15, -0.1) is 0 Å². The smallest absolute Gasteiger partial charge is 0.227 e. The fourth-order valence-corrected chi connectivity index (χ4v) is 6.84. The van der Waals surface area contributed by atoms with E-state index in [0.717, 1.165) is 55.6 Å². The van der Waals surface area contributed by atoms with Crippen LogP contribution in [0.4, 0.5) is 0 Å². The molecule has 0 aliphatic rings. The molecule has 0 spiro atoms. The minimum absolute atomic E-state index is 0.589. The van der Waals surface area contributed by atoms with Gasteiger partial charge in [-0.05, 0) is 103 Å². The van der Waals surface area contributed by atoms with Gasteiger partial charge < -0.3 is 4.42 Å². The fourth-order valence-electron chi connectivity index (χ4n) is 6.84. The molecule has 3 heteroatoms. The Hall–Kier alpha value is -6.76. The Labute approximate surface area is 284 Å². The van der Waals surface area contributed by atoms with Gasteiger partial charge in [0, 0.05) is 11.1 Å². The molecule has 0 saturated carbocycles. The van der Waals surface area contributed by atoms with Crippen LogP contribution in [0.1, 0.15) is 5.56 Å². The summed E-state index contributed by atoms with van der Waals surface area (Å²) in [6.07, 6.45) is 0. The van der Waals surface area contributed by atoms with Crippen LogP contribution in [0.15, 0.2) is 174 Å². The minimum Gasteiger partial charge on any atom is -0.436 e. The zero-order valence-corrected chi connectivity index (χ0v) is 26.5. The number of oxazole rings is 1. The summed E-state index contributed by atoms with van der Waals surface area (Å²) in [5.41, 5.74) is 11.9. The fraction of sp³-hybridized carbons (Fsp3) is 0. The first kappa shape index (κ1) is 28.5. The highest BCUT2D eigenvalue weighted by atomic mass is 16.3. The average molecular weight is 625 g/mol. The lowest BCUT2D eigenvalue weighted by molar-refractivity contribution is 0.620. The predicted molar refractivity (Wildman–Crippen MR) is 201 cm³/mol. The van der Waals surface area contributed by atoms with Gasteiger partial charge in [0.2, 0.25) is 5.89 Å². The Morgan fingerprint density at radius 3 is 1.67 bits per heavy atom. The molecule has 0 saturated heterocycles. The van der Waals surface area contributed by atoms with Gasteiger partial charge in [0.1, 0.15) is 5.52 Å². The highest BCUT2D eigenvalue weighted by molar-refractivity contribution is 6.14. The van der Waals surface area contributed by atoms with Crippen molar-refractivity contribution in [3.05, 3.63) is 175 Å². The lowest BCUT2D eigenvalue weighted by Gasteiger charge is -2.13. The van der Waals surface area contributed by atoms with Crippen LogP contribution in [0.25, 0.3) is 88.6 Å². The van der Waals surface area contributed by atoms with Crippen LogP contribution in [-0.2, 0) is 0 Å². The van der Waals surface area contributed by atoms with Gasteiger partial charge in [0.25, 0.3) is 0 Å². The number of nitriles is 1. The first-order valence-electron chi connectivity index (χ1n) is 16.3. The van der Waals surface area contributed by atoms with Crippen LogP contribution in [-0.4, -0.2) is 4.98 Å². The van der Waals surface area contributed by atoms with E-state index in [1.54, 1.807) is 0 Å². The molecule has 0 N–H and O–H groups in total. The van der Waals surface area contributed by atoms with Crippen molar-refractivity contribution in [3.63, 3.8) is 0 Å². The second-order valence-corrected chi connectivity index (χ2v) is 12.3. The Balaban J connectivity index is 1.21. The summed E-state index contributed by atoms with van der Waals surface area (Å²) in [4.78, 5) is 5.11.